The quantitative estimate of drug-likeness (QED) is 0.899. The molecular formula is C13H18ClNO2. The van der Waals surface area contributed by atoms with E-state index in [1.807, 2.05) is 18.2 Å². The molecule has 0 amide bonds. The molecule has 17 heavy (non-hydrogen) atoms. The van der Waals surface area contributed by atoms with E-state index in [4.69, 9.17) is 26.8 Å². The average molecular weight is 256 g/mol. The van der Waals surface area contributed by atoms with E-state index >= 15 is 0 Å². The van der Waals surface area contributed by atoms with Crippen molar-refractivity contribution in [3.8, 4) is 5.75 Å². The molecule has 0 spiro atoms. The van der Waals surface area contributed by atoms with E-state index in [1.54, 1.807) is 7.11 Å². The van der Waals surface area contributed by atoms with Gasteiger partial charge in [0.2, 0.25) is 0 Å². The number of ether oxygens (including phenoxy) is 2. The van der Waals surface area contributed by atoms with Gasteiger partial charge in [-0.3, -0.25) is 0 Å². The van der Waals surface area contributed by atoms with Crippen molar-refractivity contribution in [2.75, 3.05) is 7.11 Å². The van der Waals surface area contributed by atoms with Gasteiger partial charge >= 0.3 is 0 Å². The highest BCUT2D eigenvalue weighted by molar-refractivity contribution is 6.31. The first kappa shape index (κ1) is 12.7. The molecule has 2 rings (SSSR count). The Kier molecular flexibility index (Phi) is 3.92. The number of halogens is 1. The molecule has 1 aromatic rings. The maximum absolute atomic E-state index is 6.06. The third-order valence-corrected chi connectivity index (χ3v) is 3.62. The van der Waals surface area contributed by atoms with Crippen molar-refractivity contribution in [1.29, 1.82) is 0 Å². The van der Waals surface area contributed by atoms with Gasteiger partial charge in [0.15, 0.2) is 0 Å². The van der Waals surface area contributed by atoms with Gasteiger partial charge in [0, 0.05) is 24.6 Å². The monoisotopic (exact) mass is 255 g/mol. The van der Waals surface area contributed by atoms with Crippen LogP contribution in [-0.4, -0.2) is 25.4 Å². The molecule has 3 unspecified atom stereocenters. The summed E-state index contributed by atoms with van der Waals surface area (Å²) < 4.78 is 11.1. The van der Waals surface area contributed by atoms with Crippen molar-refractivity contribution in [3.05, 3.63) is 28.8 Å². The Balaban J connectivity index is 2.04. The Morgan fingerprint density at radius 3 is 2.82 bits per heavy atom. The zero-order valence-corrected chi connectivity index (χ0v) is 10.9. The minimum atomic E-state index is -0.00393. The minimum absolute atomic E-state index is 0.00393. The van der Waals surface area contributed by atoms with Crippen LogP contribution in [0.4, 0.5) is 0 Å². The molecule has 3 atom stereocenters. The smallest absolute Gasteiger partial charge is 0.128 e. The van der Waals surface area contributed by atoms with Gasteiger partial charge in [0.25, 0.3) is 0 Å². The predicted molar refractivity (Wildman–Crippen MR) is 68.6 cm³/mol. The van der Waals surface area contributed by atoms with Crippen LogP contribution < -0.4 is 10.5 Å². The summed E-state index contributed by atoms with van der Waals surface area (Å²) in [5, 5.41) is 0.786. The Hall–Kier alpha value is -0.770. The van der Waals surface area contributed by atoms with Crippen molar-refractivity contribution in [1.82, 2.24) is 0 Å². The second-order valence-corrected chi connectivity index (χ2v) is 4.77. The van der Waals surface area contributed by atoms with Crippen molar-refractivity contribution < 1.29 is 9.47 Å². The Bertz CT molecular complexity index is 397. The Labute approximate surface area is 107 Å². The van der Waals surface area contributed by atoms with E-state index in [9.17, 15) is 0 Å². The van der Waals surface area contributed by atoms with Crippen molar-refractivity contribution in [3.63, 3.8) is 0 Å². The Morgan fingerprint density at radius 1 is 1.47 bits per heavy atom. The molecule has 0 aromatic heterocycles. The molecule has 3 nitrogen and oxygen atoms in total. The first-order valence-corrected chi connectivity index (χ1v) is 6.27. The van der Waals surface area contributed by atoms with Crippen LogP contribution in [-0.2, 0) is 11.2 Å². The third kappa shape index (κ3) is 2.57. The summed E-state index contributed by atoms with van der Waals surface area (Å²) >= 11 is 6.06. The summed E-state index contributed by atoms with van der Waals surface area (Å²) in [6.07, 6.45) is 1.79. The lowest BCUT2D eigenvalue weighted by atomic mass is 9.86. The molecule has 1 aliphatic carbocycles. The zero-order valence-electron chi connectivity index (χ0n) is 10.2. The van der Waals surface area contributed by atoms with Crippen LogP contribution in [0.1, 0.15) is 18.9 Å². The van der Waals surface area contributed by atoms with Crippen LogP contribution in [0.3, 0.4) is 0 Å². The fraction of sp³-hybridized carbons (Fsp3) is 0.538. The second kappa shape index (κ2) is 5.25. The van der Waals surface area contributed by atoms with Gasteiger partial charge in [-0.15, -0.1) is 0 Å². The second-order valence-electron chi connectivity index (χ2n) is 4.36. The zero-order chi connectivity index (χ0) is 12.4. The van der Waals surface area contributed by atoms with Crippen molar-refractivity contribution in [2.45, 2.75) is 38.0 Å². The van der Waals surface area contributed by atoms with Gasteiger partial charge in [-0.25, -0.2) is 0 Å². The average Bonchev–Trinajstić information content (AvgIpc) is 2.31. The summed E-state index contributed by atoms with van der Waals surface area (Å²) in [7, 11) is 1.67. The minimum Gasteiger partial charge on any atom is -0.488 e. The third-order valence-electron chi connectivity index (χ3n) is 3.25. The lowest BCUT2D eigenvalue weighted by Gasteiger charge is -2.41. The molecule has 1 saturated carbocycles. The molecule has 0 heterocycles. The highest BCUT2D eigenvalue weighted by atomic mass is 35.5. The SMILES string of the molecule is CCc1cc(OC2CC(N)C2OC)ccc1Cl. The van der Waals surface area contributed by atoms with E-state index in [0.29, 0.717) is 0 Å². The van der Waals surface area contributed by atoms with Crippen molar-refractivity contribution in [2.24, 2.45) is 5.73 Å². The summed E-state index contributed by atoms with van der Waals surface area (Å²) in [6, 6.07) is 5.83. The summed E-state index contributed by atoms with van der Waals surface area (Å²) in [5.74, 6) is 0.838. The molecule has 0 bridgehead atoms. The molecule has 0 aliphatic heterocycles. The lowest BCUT2D eigenvalue weighted by molar-refractivity contribution is -0.0782. The standard InChI is InChI=1S/C13H18ClNO2/c1-3-8-6-9(4-5-10(8)14)17-12-7-11(15)13(12)16-2/h4-6,11-13H,3,7,15H2,1-2H3. The van der Waals surface area contributed by atoms with Gasteiger partial charge in [0.1, 0.15) is 18.0 Å². The maximum atomic E-state index is 6.06. The van der Waals surface area contributed by atoms with E-state index in [-0.39, 0.29) is 18.2 Å². The number of hydrogen-bond acceptors (Lipinski definition) is 3. The van der Waals surface area contributed by atoms with E-state index in [1.165, 1.54) is 0 Å². The first-order valence-electron chi connectivity index (χ1n) is 5.89. The molecular weight excluding hydrogens is 238 g/mol. The van der Waals surface area contributed by atoms with Crippen molar-refractivity contribution >= 4 is 11.6 Å². The summed E-state index contributed by atoms with van der Waals surface area (Å²) in [6.45, 7) is 2.07. The van der Waals surface area contributed by atoms with Crippen LogP contribution in [0.5, 0.6) is 5.75 Å². The van der Waals surface area contributed by atoms with Crippen LogP contribution in [0.15, 0.2) is 18.2 Å². The first-order chi connectivity index (χ1) is 8.15. The summed E-state index contributed by atoms with van der Waals surface area (Å²) in [4.78, 5) is 0. The topological polar surface area (TPSA) is 44.5 Å². The number of hydrogen-bond donors (Lipinski definition) is 1. The summed E-state index contributed by atoms with van der Waals surface area (Å²) in [5.41, 5.74) is 6.93. The van der Waals surface area contributed by atoms with Gasteiger partial charge in [0.05, 0.1) is 0 Å². The van der Waals surface area contributed by atoms with Gasteiger partial charge in [-0.1, -0.05) is 18.5 Å². The molecule has 94 valence electrons. The largest absolute Gasteiger partial charge is 0.488 e. The molecule has 1 aliphatic rings. The van der Waals surface area contributed by atoms with E-state index in [2.05, 4.69) is 6.92 Å². The molecule has 2 N–H and O–H groups in total. The maximum Gasteiger partial charge on any atom is 0.128 e. The van der Waals surface area contributed by atoms with E-state index < -0.39 is 0 Å². The molecule has 0 radical (unpaired) electrons. The molecule has 1 aromatic carbocycles. The lowest BCUT2D eigenvalue weighted by Crippen LogP contribution is -2.59. The van der Waals surface area contributed by atoms with Gasteiger partial charge < -0.3 is 15.2 Å². The fourth-order valence-corrected chi connectivity index (χ4v) is 2.38. The Morgan fingerprint density at radius 2 is 2.24 bits per heavy atom. The molecule has 0 saturated heterocycles. The van der Waals surface area contributed by atoms with Crippen LogP contribution in [0.2, 0.25) is 5.02 Å². The fourth-order valence-electron chi connectivity index (χ4n) is 2.13. The van der Waals surface area contributed by atoms with Crippen LogP contribution >= 0.6 is 11.6 Å². The number of methoxy groups -OCH3 is 1. The predicted octanol–water partition coefficient (Wildman–Crippen LogP) is 2.40. The van der Waals surface area contributed by atoms with E-state index in [0.717, 1.165) is 29.2 Å². The van der Waals surface area contributed by atoms with Gasteiger partial charge in [-0.05, 0) is 30.2 Å². The number of aryl methyl sites for hydroxylation is 1. The number of benzene rings is 1. The molecule has 1 fully saturated rings. The van der Waals surface area contributed by atoms with Crippen LogP contribution in [0.25, 0.3) is 0 Å². The molecule has 4 heteroatoms. The number of nitrogens with two attached hydrogens (primary N) is 1. The van der Waals surface area contributed by atoms with Gasteiger partial charge in [-0.2, -0.15) is 0 Å². The van der Waals surface area contributed by atoms with Crippen LogP contribution in [0, 0.1) is 0 Å². The highest BCUT2D eigenvalue weighted by Gasteiger charge is 2.40. The number of rotatable bonds is 4. The normalized spacial score (nSPS) is 27.6. The highest BCUT2D eigenvalue weighted by Crippen LogP contribution is 2.29.